The van der Waals surface area contributed by atoms with E-state index in [-0.39, 0.29) is 32.2 Å². The molecule has 0 aliphatic carbocycles. The smallest absolute Gasteiger partial charge is 0.361 e. The summed E-state index contributed by atoms with van der Waals surface area (Å²) in [6, 6.07) is 0. The molecule has 0 radical (unpaired) electrons. The molecule has 76 heavy (non-hydrogen) atoms. The third-order valence-corrected chi connectivity index (χ3v) is 13.7. The summed E-state index contributed by atoms with van der Waals surface area (Å²) in [5, 5.41) is 9.72. The average Bonchev–Trinajstić information content (AvgIpc) is 3.39. The van der Waals surface area contributed by atoms with Gasteiger partial charge in [0.05, 0.1) is 34.4 Å². The van der Waals surface area contributed by atoms with Crippen LogP contribution in [0.2, 0.25) is 0 Å². The molecular weight excluding hydrogens is 947 g/mol. The molecule has 0 saturated carbocycles. The van der Waals surface area contributed by atoms with E-state index in [2.05, 4.69) is 86.8 Å². The third-order valence-electron chi connectivity index (χ3n) is 13.7. The lowest BCUT2D eigenvalue weighted by Gasteiger charge is -2.25. The minimum absolute atomic E-state index is 0.180. The highest BCUT2D eigenvalue weighted by Crippen LogP contribution is 2.17. The first-order valence-electron chi connectivity index (χ1n) is 31.6. The van der Waals surface area contributed by atoms with Crippen molar-refractivity contribution in [2.24, 2.45) is 0 Å². The van der Waals surface area contributed by atoms with E-state index in [4.69, 9.17) is 18.9 Å². The van der Waals surface area contributed by atoms with Gasteiger partial charge in [0.25, 0.3) is 6.29 Å². The van der Waals surface area contributed by atoms with Crippen LogP contribution in [0.4, 0.5) is 0 Å². The molecular formula is C67H120NO8+. The second-order valence-electron chi connectivity index (χ2n) is 22.3. The summed E-state index contributed by atoms with van der Waals surface area (Å²) in [6.45, 7) is 4.80. The van der Waals surface area contributed by atoms with Gasteiger partial charge in [-0.3, -0.25) is 9.59 Å². The quantitative estimate of drug-likeness (QED) is 0.0211. The molecule has 0 aromatic rings. The minimum Gasteiger partial charge on any atom is -0.477 e. The van der Waals surface area contributed by atoms with Crippen molar-refractivity contribution in [1.82, 2.24) is 0 Å². The van der Waals surface area contributed by atoms with E-state index in [0.717, 1.165) is 77.0 Å². The van der Waals surface area contributed by atoms with Crippen LogP contribution in [0.5, 0.6) is 0 Å². The normalized spacial score (nSPS) is 13.2. The molecule has 2 atom stereocenters. The number of nitrogens with zero attached hydrogens (tertiary/aromatic N) is 1. The molecule has 0 saturated heterocycles. The van der Waals surface area contributed by atoms with Crippen LogP contribution in [-0.4, -0.2) is 87.4 Å². The molecule has 0 rings (SSSR count). The van der Waals surface area contributed by atoms with Gasteiger partial charge in [-0.15, -0.1) is 0 Å². The van der Waals surface area contributed by atoms with E-state index in [0.29, 0.717) is 17.4 Å². The largest absolute Gasteiger partial charge is 0.477 e. The van der Waals surface area contributed by atoms with Gasteiger partial charge >= 0.3 is 17.9 Å². The first-order valence-corrected chi connectivity index (χ1v) is 31.6. The number of ether oxygens (including phenoxy) is 4. The highest BCUT2D eigenvalue weighted by atomic mass is 16.7. The standard InChI is InChI=1S/C67H119NO8/c1-6-8-10-12-14-16-18-20-22-24-26-27-28-29-30-31-32-33-34-35-36-37-38-39-40-42-44-46-48-50-52-54-56-58-65(70)76-63(62-75-67(66(71)72)73-60-59-68(3,4)5)61-74-64(69)57-55-53-51-49-47-45-43-41-25-23-21-19-17-15-13-11-9-7-2/h8,10,14,16,20,22,26-27,29-30,32-33,63,67H,6-7,9,11-13,15,17-19,21,23-25,28,31,34-62H2,1-5H3/p+1/b10-8-,16-14-,22-20-,27-26-,30-29-,33-32-. The monoisotopic (exact) mass is 1070 g/mol. The lowest BCUT2D eigenvalue weighted by atomic mass is 10.0. The van der Waals surface area contributed by atoms with Crippen LogP contribution in [0.15, 0.2) is 72.9 Å². The molecule has 0 aliphatic heterocycles. The number of hydrogen-bond donors (Lipinski definition) is 1. The van der Waals surface area contributed by atoms with E-state index in [1.165, 1.54) is 173 Å². The summed E-state index contributed by atoms with van der Waals surface area (Å²) in [5.41, 5.74) is 0. The molecule has 0 aliphatic rings. The van der Waals surface area contributed by atoms with Gasteiger partial charge in [0.1, 0.15) is 13.2 Å². The number of esters is 2. The number of carboxylic acids is 1. The first-order chi connectivity index (χ1) is 37.1. The van der Waals surface area contributed by atoms with Crippen molar-refractivity contribution in [1.29, 1.82) is 0 Å². The van der Waals surface area contributed by atoms with E-state index < -0.39 is 24.3 Å². The number of aliphatic carboxylic acids is 1. The SMILES string of the molecule is CC/C=C\C/C=C\C/C=C\C/C=C\C/C=C\C/C=C\CCCCCCCCCCCCCCCCC(=O)OC(COC(=O)CCCCCCCCCCCCCCCCCCCC)COC(OCC[N+](C)(C)C)C(=O)O. The summed E-state index contributed by atoms with van der Waals surface area (Å²) < 4.78 is 22.9. The lowest BCUT2D eigenvalue weighted by molar-refractivity contribution is -0.870. The lowest BCUT2D eigenvalue weighted by Crippen LogP contribution is -2.40. The maximum Gasteiger partial charge on any atom is 0.361 e. The highest BCUT2D eigenvalue weighted by Gasteiger charge is 2.25. The van der Waals surface area contributed by atoms with Crippen LogP contribution in [0.1, 0.15) is 277 Å². The van der Waals surface area contributed by atoms with Gasteiger partial charge in [0, 0.05) is 12.8 Å². The molecule has 0 bridgehead atoms. The van der Waals surface area contributed by atoms with Crippen molar-refractivity contribution in [3.8, 4) is 0 Å². The third kappa shape index (κ3) is 58.4. The average molecular weight is 1070 g/mol. The Kier molecular flexibility index (Phi) is 55.4. The van der Waals surface area contributed by atoms with E-state index in [9.17, 15) is 19.5 Å². The highest BCUT2D eigenvalue weighted by molar-refractivity contribution is 5.71. The van der Waals surface area contributed by atoms with Gasteiger partial charge in [0.15, 0.2) is 6.10 Å². The number of rotatable bonds is 58. The second-order valence-corrected chi connectivity index (χ2v) is 22.3. The van der Waals surface area contributed by atoms with Crippen LogP contribution < -0.4 is 0 Å². The number of carboxylic acid groups (broad SMARTS) is 1. The summed E-state index contributed by atoms with van der Waals surface area (Å²) in [7, 11) is 5.98. The molecule has 0 aromatic heterocycles. The van der Waals surface area contributed by atoms with E-state index >= 15 is 0 Å². The fourth-order valence-electron chi connectivity index (χ4n) is 8.90. The Balaban J connectivity index is 4.13. The number of carbonyl (C=O) groups is 3. The first kappa shape index (κ1) is 72.7. The van der Waals surface area contributed by atoms with Gasteiger partial charge in [-0.2, -0.15) is 0 Å². The predicted octanol–water partition coefficient (Wildman–Crippen LogP) is 19.0. The number of hydrogen-bond acceptors (Lipinski definition) is 7. The number of allylic oxidation sites excluding steroid dienone is 12. The van der Waals surface area contributed by atoms with Gasteiger partial charge in [-0.25, -0.2) is 4.79 Å². The zero-order valence-electron chi connectivity index (χ0n) is 50.2. The summed E-state index contributed by atoms with van der Waals surface area (Å²) in [4.78, 5) is 37.5. The summed E-state index contributed by atoms with van der Waals surface area (Å²) in [6.07, 6.45) is 72.8. The van der Waals surface area contributed by atoms with Crippen molar-refractivity contribution < 1.29 is 42.9 Å². The molecule has 1 N–H and O–H groups in total. The number of quaternary nitrogens is 1. The van der Waals surface area contributed by atoms with Crippen LogP contribution in [-0.2, 0) is 33.3 Å². The van der Waals surface area contributed by atoms with Crippen molar-refractivity contribution in [2.75, 3.05) is 47.5 Å². The van der Waals surface area contributed by atoms with Crippen molar-refractivity contribution in [3.05, 3.63) is 72.9 Å². The number of likely N-dealkylation sites (N-methyl/N-ethyl adjacent to an activating group) is 1. The fraction of sp³-hybridized carbons (Fsp3) is 0.776. The van der Waals surface area contributed by atoms with Crippen LogP contribution in [0, 0.1) is 0 Å². The molecule has 0 fully saturated rings. The van der Waals surface area contributed by atoms with Crippen LogP contribution in [0.25, 0.3) is 0 Å². The van der Waals surface area contributed by atoms with Gasteiger partial charge < -0.3 is 28.5 Å². The number of unbranched alkanes of at least 4 members (excludes halogenated alkanes) is 31. The van der Waals surface area contributed by atoms with E-state index in [1.54, 1.807) is 0 Å². The minimum atomic E-state index is -1.51. The second kappa shape index (κ2) is 57.9. The Bertz CT molecular complexity index is 1470. The van der Waals surface area contributed by atoms with Crippen molar-refractivity contribution >= 4 is 17.9 Å². The Labute approximate surface area is 468 Å². The van der Waals surface area contributed by atoms with Crippen molar-refractivity contribution in [3.63, 3.8) is 0 Å². The molecule has 440 valence electrons. The molecule has 0 spiro atoms. The predicted molar refractivity (Wildman–Crippen MR) is 323 cm³/mol. The Morgan fingerprint density at radius 1 is 0.408 bits per heavy atom. The van der Waals surface area contributed by atoms with Crippen LogP contribution in [0.3, 0.4) is 0 Å². The topological polar surface area (TPSA) is 108 Å². The Hall–Kier alpha value is -3.27. The molecule has 0 heterocycles. The van der Waals surface area contributed by atoms with Crippen LogP contribution >= 0.6 is 0 Å². The zero-order valence-corrected chi connectivity index (χ0v) is 50.2. The van der Waals surface area contributed by atoms with Crippen molar-refractivity contribution in [2.45, 2.75) is 289 Å². The zero-order chi connectivity index (χ0) is 55.5. The maximum atomic E-state index is 12.9. The molecule has 0 aromatic carbocycles. The molecule has 9 nitrogen and oxygen atoms in total. The molecule has 0 amide bonds. The van der Waals surface area contributed by atoms with Gasteiger partial charge in [0.2, 0.25) is 0 Å². The summed E-state index contributed by atoms with van der Waals surface area (Å²) >= 11 is 0. The molecule has 9 heteroatoms. The Morgan fingerprint density at radius 3 is 1.12 bits per heavy atom. The Morgan fingerprint density at radius 2 is 0.750 bits per heavy atom. The maximum absolute atomic E-state index is 12.9. The van der Waals surface area contributed by atoms with E-state index in [1.807, 2.05) is 21.1 Å². The van der Waals surface area contributed by atoms with Gasteiger partial charge in [-0.1, -0.05) is 273 Å². The fourth-order valence-corrected chi connectivity index (χ4v) is 8.90. The number of carbonyl (C=O) groups excluding carboxylic acids is 2. The summed E-state index contributed by atoms with van der Waals surface area (Å²) in [5.74, 6) is -1.99. The van der Waals surface area contributed by atoms with Gasteiger partial charge in [-0.05, 0) is 64.2 Å². The molecule has 2 unspecified atom stereocenters.